The first-order valence-corrected chi connectivity index (χ1v) is 6.06. The van der Waals surface area contributed by atoms with Gasteiger partial charge in [-0.3, -0.25) is 4.79 Å². The maximum absolute atomic E-state index is 10.8. The lowest BCUT2D eigenvalue weighted by Gasteiger charge is -2.01. The quantitative estimate of drug-likeness (QED) is 0.422. The predicted octanol–water partition coefficient (Wildman–Crippen LogP) is 3.12. The zero-order valence-electron chi connectivity index (χ0n) is 8.94. The molecule has 0 saturated carbocycles. The molecule has 3 heteroatoms. The largest absolute Gasteiger partial charge is 0.469 e. The van der Waals surface area contributed by atoms with Crippen LogP contribution in [0.3, 0.4) is 0 Å². The molecular formula is C12H16O2S. The molecular weight excluding hydrogens is 208 g/mol. The molecule has 2 nitrogen and oxygen atoms in total. The van der Waals surface area contributed by atoms with Crippen molar-refractivity contribution in [3.8, 4) is 0 Å². The monoisotopic (exact) mass is 224 g/mol. The highest BCUT2D eigenvalue weighted by Crippen LogP contribution is 2.18. The highest BCUT2D eigenvalue weighted by atomic mass is 32.2. The van der Waals surface area contributed by atoms with E-state index in [1.165, 1.54) is 12.0 Å². The van der Waals surface area contributed by atoms with Crippen LogP contribution in [0, 0.1) is 0 Å². The van der Waals surface area contributed by atoms with Gasteiger partial charge in [0, 0.05) is 11.3 Å². The number of hydrogen-bond acceptors (Lipinski definition) is 3. The summed E-state index contributed by atoms with van der Waals surface area (Å²) in [6.45, 7) is 0. The molecule has 0 spiro atoms. The Kier molecular flexibility index (Phi) is 5.93. The number of carbonyl (C=O) groups excluding carboxylic acids is 1. The van der Waals surface area contributed by atoms with Gasteiger partial charge in [0.15, 0.2) is 0 Å². The molecule has 0 aliphatic heterocycles. The van der Waals surface area contributed by atoms with Crippen LogP contribution < -0.4 is 0 Å². The molecule has 0 amide bonds. The van der Waals surface area contributed by atoms with Crippen LogP contribution in [0.1, 0.15) is 19.3 Å². The molecule has 0 unspecified atom stereocenters. The van der Waals surface area contributed by atoms with E-state index in [4.69, 9.17) is 0 Å². The van der Waals surface area contributed by atoms with Gasteiger partial charge in [-0.05, 0) is 30.7 Å². The fourth-order valence-corrected chi connectivity index (χ4v) is 2.11. The van der Waals surface area contributed by atoms with Gasteiger partial charge in [0.05, 0.1) is 7.11 Å². The van der Waals surface area contributed by atoms with Gasteiger partial charge in [0.25, 0.3) is 0 Å². The van der Waals surface area contributed by atoms with Crippen molar-refractivity contribution in [1.29, 1.82) is 0 Å². The van der Waals surface area contributed by atoms with Gasteiger partial charge in [0.2, 0.25) is 0 Å². The second-order valence-corrected chi connectivity index (χ2v) is 4.36. The van der Waals surface area contributed by atoms with E-state index in [9.17, 15) is 4.79 Å². The van der Waals surface area contributed by atoms with Gasteiger partial charge in [-0.1, -0.05) is 18.2 Å². The maximum Gasteiger partial charge on any atom is 0.305 e. The van der Waals surface area contributed by atoms with Crippen molar-refractivity contribution >= 4 is 17.7 Å². The lowest BCUT2D eigenvalue weighted by molar-refractivity contribution is -0.140. The molecule has 1 aromatic rings. The third-order valence-electron chi connectivity index (χ3n) is 2.01. The average Bonchev–Trinajstić information content (AvgIpc) is 2.29. The molecule has 15 heavy (non-hydrogen) atoms. The fourth-order valence-electron chi connectivity index (χ4n) is 1.18. The normalized spacial score (nSPS) is 9.93. The smallest absolute Gasteiger partial charge is 0.305 e. The predicted molar refractivity (Wildman–Crippen MR) is 63.0 cm³/mol. The summed E-state index contributed by atoms with van der Waals surface area (Å²) in [5, 5.41) is 0. The van der Waals surface area contributed by atoms with Gasteiger partial charge in [0.1, 0.15) is 0 Å². The van der Waals surface area contributed by atoms with Crippen LogP contribution in [0.25, 0.3) is 0 Å². The minimum Gasteiger partial charge on any atom is -0.469 e. The second-order valence-electron chi connectivity index (χ2n) is 3.19. The molecule has 0 N–H and O–H groups in total. The van der Waals surface area contributed by atoms with Crippen molar-refractivity contribution in [3.63, 3.8) is 0 Å². The topological polar surface area (TPSA) is 26.3 Å². The average molecular weight is 224 g/mol. The van der Waals surface area contributed by atoms with Crippen molar-refractivity contribution in [1.82, 2.24) is 0 Å². The third kappa shape index (κ3) is 5.47. The van der Waals surface area contributed by atoms with Crippen molar-refractivity contribution in [2.24, 2.45) is 0 Å². The van der Waals surface area contributed by atoms with Crippen LogP contribution in [0.15, 0.2) is 35.2 Å². The summed E-state index contributed by atoms with van der Waals surface area (Å²) in [5.41, 5.74) is 0. The summed E-state index contributed by atoms with van der Waals surface area (Å²) in [6.07, 6.45) is 2.49. The molecule has 0 heterocycles. The van der Waals surface area contributed by atoms with Crippen LogP contribution in [-0.4, -0.2) is 18.8 Å². The van der Waals surface area contributed by atoms with E-state index in [0.717, 1.165) is 18.6 Å². The first-order valence-electron chi connectivity index (χ1n) is 5.07. The molecule has 0 atom stereocenters. The summed E-state index contributed by atoms with van der Waals surface area (Å²) < 4.78 is 4.57. The first-order chi connectivity index (χ1) is 7.33. The summed E-state index contributed by atoms with van der Waals surface area (Å²) in [7, 11) is 1.43. The Morgan fingerprint density at radius 2 is 2.00 bits per heavy atom. The van der Waals surface area contributed by atoms with Crippen LogP contribution >= 0.6 is 11.8 Å². The van der Waals surface area contributed by atoms with E-state index < -0.39 is 0 Å². The molecule has 1 rings (SSSR count). The number of ether oxygens (including phenoxy) is 1. The van der Waals surface area contributed by atoms with Crippen molar-refractivity contribution in [2.75, 3.05) is 12.9 Å². The molecule has 0 saturated heterocycles. The fraction of sp³-hybridized carbons (Fsp3) is 0.417. The second kappa shape index (κ2) is 7.35. The summed E-state index contributed by atoms with van der Waals surface area (Å²) in [6, 6.07) is 10.3. The van der Waals surface area contributed by atoms with E-state index in [0.29, 0.717) is 6.42 Å². The van der Waals surface area contributed by atoms with Gasteiger partial charge >= 0.3 is 5.97 Å². The van der Waals surface area contributed by atoms with E-state index in [1.54, 1.807) is 0 Å². The highest BCUT2D eigenvalue weighted by molar-refractivity contribution is 7.99. The van der Waals surface area contributed by atoms with Crippen LogP contribution in [0.2, 0.25) is 0 Å². The molecule has 0 bridgehead atoms. The number of esters is 1. The number of benzene rings is 1. The Balaban J connectivity index is 2.05. The number of carbonyl (C=O) groups is 1. The zero-order valence-corrected chi connectivity index (χ0v) is 9.76. The Hall–Kier alpha value is -0.960. The van der Waals surface area contributed by atoms with Gasteiger partial charge < -0.3 is 4.74 Å². The molecule has 0 radical (unpaired) electrons. The van der Waals surface area contributed by atoms with Gasteiger partial charge in [-0.25, -0.2) is 0 Å². The molecule has 0 aliphatic carbocycles. The first kappa shape index (κ1) is 12.1. The Labute approximate surface area is 95.0 Å². The van der Waals surface area contributed by atoms with E-state index in [-0.39, 0.29) is 5.97 Å². The summed E-state index contributed by atoms with van der Waals surface area (Å²) in [5.74, 6) is 0.945. The molecule has 0 fully saturated rings. The highest BCUT2D eigenvalue weighted by Gasteiger charge is 1.99. The number of thioether (sulfide) groups is 1. The zero-order chi connectivity index (χ0) is 10.9. The lowest BCUT2D eigenvalue weighted by atomic mass is 10.2. The van der Waals surface area contributed by atoms with Crippen LogP contribution in [0.5, 0.6) is 0 Å². The molecule has 0 aliphatic rings. The lowest BCUT2D eigenvalue weighted by Crippen LogP contribution is -1.99. The van der Waals surface area contributed by atoms with E-state index in [1.807, 2.05) is 30.0 Å². The summed E-state index contributed by atoms with van der Waals surface area (Å²) >= 11 is 1.83. The SMILES string of the molecule is COC(=O)CCCCSc1ccccc1. The maximum atomic E-state index is 10.8. The van der Waals surface area contributed by atoms with Crippen molar-refractivity contribution in [2.45, 2.75) is 24.2 Å². The van der Waals surface area contributed by atoms with Crippen LogP contribution in [-0.2, 0) is 9.53 Å². The Bertz CT molecular complexity index is 285. The van der Waals surface area contributed by atoms with E-state index in [2.05, 4.69) is 16.9 Å². The number of methoxy groups -OCH3 is 1. The Morgan fingerprint density at radius 3 is 2.67 bits per heavy atom. The summed E-state index contributed by atoms with van der Waals surface area (Å²) in [4.78, 5) is 12.1. The van der Waals surface area contributed by atoms with Crippen molar-refractivity contribution < 1.29 is 9.53 Å². The van der Waals surface area contributed by atoms with E-state index >= 15 is 0 Å². The molecule has 0 aromatic heterocycles. The number of unbranched alkanes of at least 4 members (excludes halogenated alkanes) is 1. The number of rotatable bonds is 6. The number of hydrogen-bond donors (Lipinski definition) is 0. The van der Waals surface area contributed by atoms with Crippen molar-refractivity contribution in [3.05, 3.63) is 30.3 Å². The Morgan fingerprint density at radius 1 is 1.27 bits per heavy atom. The van der Waals surface area contributed by atoms with Gasteiger partial charge in [-0.2, -0.15) is 0 Å². The standard InChI is InChI=1S/C12H16O2S/c1-14-12(13)9-5-6-10-15-11-7-3-2-4-8-11/h2-4,7-8H,5-6,9-10H2,1H3. The van der Waals surface area contributed by atoms with Gasteiger partial charge in [-0.15, -0.1) is 11.8 Å². The molecule has 82 valence electrons. The minimum atomic E-state index is -0.111. The minimum absolute atomic E-state index is 0.111. The molecule has 1 aromatic carbocycles. The van der Waals surface area contributed by atoms with Crippen LogP contribution in [0.4, 0.5) is 0 Å². The third-order valence-corrected chi connectivity index (χ3v) is 3.11.